The Morgan fingerprint density at radius 3 is 2.60 bits per heavy atom. The van der Waals surface area contributed by atoms with Crippen LogP contribution in [0.5, 0.6) is 5.75 Å². The van der Waals surface area contributed by atoms with Crippen molar-refractivity contribution in [2.24, 2.45) is 0 Å². The fourth-order valence-corrected chi connectivity index (χ4v) is 1.70. The Morgan fingerprint density at radius 1 is 1.25 bits per heavy atom. The van der Waals surface area contributed by atoms with Crippen molar-refractivity contribution in [2.45, 2.75) is 0 Å². The lowest BCUT2D eigenvalue weighted by Gasteiger charge is -2.08. The predicted octanol–water partition coefficient (Wildman–Crippen LogP) is 2.39. The first-order chi connectivity index (χ1) is 9.49. The van der Waals surface area contributed by atoms with E-state index in [0.717, 1.165) is 6.07 Å². The van der Waals surface area contributed by atoms with E-state index >= 15 is 0 Å². The normalized spacial score (nSPS) is 10.1. The lowest BCUT2D eigenvalue weighted by Crippen LogP contribution is -2.13. The van der Waals surface area contributed by atoms with Crippen LogP contribution in [0.1, 0.15) is 20.7 Å². The van der Waals surface area contributed by atoms with Gasteiger partial charge in [-0.05, 0) is 24.3 Å². The van der Waals surface area contributed by atoms with Gasteiger partial charge in [-0.2, -0.15) is 0 Å². The summed E-state index contributed by atoms with van der Waals surface area (Å²) in [6.45, 7) is 0. The van der Waals surface area contributed by atoms with E-state index in [1.54, 1.807) is 0 Å². The molecule has 0 spiro atoms. The molecule has 1 heterocycles. The molecule has 1 aromatic heterocycles. The standard InChI is InChI=1S/C13H9ClN2O4/c14-9-3-4-15-6-8(9)12(18)16-10-2-1-7(13(19)20)5-11(10)17/h1-6,17H,(H,16,18)(H,19,20). The molecule has 1 aromatic carbocycles. The average Bonchev–Trinajstić information content (AvgIpc) is 2.41. The highest BCUT2D eigenvalue weighted by molar-refractivity contribution is 6.34. The first-order valence-electron chi connectivity index (χ1n) is 5.46. The molecule has 0 radical (unpaired) electrons. The van der Waals surface area contributed by atoms with Crippen molar-refractivity contribution in [1.82, 2.24) is 4.98 Å². The second-order valence-corrected chi connectivity index (χ2v) is 4.25. The molecular formula is C13H9ClN2O4. The number of nitrogens with zero attached hydrogens (tertiary/aromatic N) is 1. The van der Waals surface area contributed by atoms with Gasteiger partial charge in [0.05, 0.1) is 21.8 Å². The van der Waals surface area contributed by atoms with Gasteiger partial charge in [-0.1, -0.05) is 11.6 Å². The molecule has 0 saturated carbocycles. The zero-order chi connectivity index (χ0) is 14.7. The van der Waals surface area contributed by atoms with Crippen LogP contribution in [0, 0.1) is 0 Å². The van der Waals surface area contributed by atoms with Gasteiger partial charge in [0.25, 0.3) is 5.91 Å². The van der Waals surface area contributed by atoms with E-state index in [1.807, 2.05) is 0 Å². The zero-order valence-electron chi connectivity index (χ0n) is 10.0. The van der Waals surface area contributed by atoms with Crippen LogP contribution in [-0.2, 0) is 0 Å². The van der Waals surface area contributed by atoms with E-state index in [-0.39, 0.29) is 27.6 Å². The minimum absolute atomic E-state index is 0.0833. The molecular weight excluding hydrogens is 284 g/mol. The fraction of sp³-hybridized carbons (Fsp3) is 0. The summed E-state index contributed by atoms with van der Waals surface area (Å²) in [5.74, 6) is -2.08. The molecule has 1 amide bonds. The number of nitrogens with one attached hydrogen (secondary N) is 1. The third-order valence-electron chi connectivity index (χ3n) is 2.51. The molecule has 0 bridgehead atoms. The van der Waals surface area contributed by atoms with E-state index in [1.165, 1.54) is 30.6 Å². The Balaban J connectivity index is 2.25. The summed E-state index contributed by atoms with van der Waals surface area (Å²) in [5.41, 5.74) is 0.149. The van der Waals surface area contributed by atoms with Crippen LogP contribution < -0.4 is 5.32 Å². The highest BCUT2D eigenvalue weighted by atomic mass is 35.5. The van der Waals surface area contributed by atoms with E-state index < -0.39 is 11.9 Å². The molecule has 102 valence electrons. The van der Waals surface area contributed by atoms with Crippen LogP contribution in [0.2, 0.25) is 5.02 Å². The van der Waals surface area contributed by atoms with Crippen LogP contribution in [0.3, 0.4) is 0 Å². The Morgan fingerprint density at radius 2 is 2.00 bits per heavy atom. The van der Waals surface area contributed by atoms with Crippen molar-refractivity contribution in [1.29, 1.82) is 0 Å². The number of aromatic carboxylic acids is 1. The monoisotopic (exact) mass is 292 g/mol. The van der Waals surface area contributed by atoms with Gasteiger partial charge in [-0.25, -0.2) is 4.79 Å². The van der Waals surface area contributed by atoms with Crippen LogP contribution in [0.25, 0.3) is 0 Å². The molecule has 2 rings (SSSR count). The Kier molecular flexibility index (Phi) is 3.86. The second-order valence-electron chi connectivity index (χ2n) is 3.85. The van der Waals surface area contributed by atoms with Gasteiger partial charge in [-0.15, -0.1) is 0 Å². The summed E-state index contributed by atoms with van der Waals surface area (Å²) >= 11 is 5.85. The summed E-state index contributed by atoms with van der Waals surface area (Å²) in [6.07, 6.45) is 2.73. The minimum atomic E-state index is -1.17. The van der Waals surface area contributed by atoms with Gasteiger partial charge in [0.1, 0.15) is 5.75 Å². The topological polar surface area (TPSA) is 99.5 Å². The molecule has 0 fully saturated rings. The number of phenolic OH excluding ortho intramolecular Hbond substituents is 1. The lowest BCUT2D eigenvalue weighted by atomic mass is 10.2. The van der Waals surface area contributed by atoms with Crippen LogP contribution in [0.15, 0.2) is 36.7 Å². The van der Waals surface area contributed by atoms with E-state index in [0.29, 0.717) is 0 Å². The number of pyridine rings is 1. The zero-order valence-corrected chi connectivity index (χ0v) is 10.8. The molecule has 0 aliphatic carbocycles. The van der Waals surface area contributed by atoms with Gasteiger partial charge in [0, 0.05) is 12.4 Å². The van der Waals surface area contributed by atoms with Gasteiger partial charge in [0.15, 0.2) is 0 Å². The average molecular weight is 293 g/mol. The van der Waals surface area contributed by atoms with Crippen molar-refractivity contribution < 1.29 is 19.8 Å². The van der Waals surface area contributed by atoms with E-state index in [9.17, 15) is 14.7 Å². The Bertz CT molecular complexity index is 688. The number of amides is 1. The third kappa shape index (κ3) is 2.86. The van der Waals surface area contributed by atoms with Crippen molar-refractivity contribution in [3.8, 4) is 5.75 Å². The number of hydrogen-bond donors (Lipinski definition) is 3. The van der Waals surface area contributed by atoms with Crippen LogP contribution >= 0.6 is 11.6 Å². The SMILES string of the molecule is O=C(O)c1ccc(NC(=O)c2cnccc2Cl)c(O)c1. The molecule has 0 atom stereocenters. The number of carbonyl (C=O) groups excluding carboxylic acids is 1. The molecule has 0 saturated heterocycles. The molecule has 2 aromatic rings. The second kappa shape index (κ2) is 5.58. The summed E-state index contributed by atoms with van der Waals surface area (Å²) < 4.78 is 0. The number of aromatic hydroxyl groups is 1. The number of anilines is 1. The molecule has 0 aliphatic rings. The van der Waals surface area contributed by atoms with Crippen molar-refractivity contribution in [2.75, 3.05) is 5.32 Å². The van der Waals surface area contributed by atoms with Crippen LogP contribution in [-0.4, -0.2) is 27.1 Å². The smallest absolute Gasteiger partial charge is 0.335 e. The van der Waals surface area contributed by atoms with Crippen molar-refractivity contribution in [3.05, 3.63) is 52.8 Å². The van der Waals surface area contributed by atoms with E-state index in [4.69, 9.17) is 16.7 Å². The van der Waals surface area contributed by atoms with Crippen LogP contribution in [0.4, 0.5) is 5.69 Å². The summed E-state index contributed by atoms with van der Waals surface area (Å²) in [4.78, 5) is 26.5. The number of carboxylic acid groups (broad SMARTS) is 1. The first kappa shape index (κ1) is 13.8. The molecule has 0 unspecified atom stereocenters. The quantitative estimate of drug-likeness (QED) is 0.754. The number of phenols is 1. The van der Waals surface area contributed by atoms with Gasteiger partial charge in [0.2, 0.25) is 0 Å². The Hall–Kier alpha value is -2.60. The number of carbonyl (C=O) groups is 2. The predicted molar refractivity (Wildman–Crippen MR) is 72.3 cm³/mol. The number of carboxylic acids is 1. The molecule has 7 heteroatoms. The van der Waals surface area contributed by atoms with Crippen molar-refractivity contribution in [3.63, 3.8) is 0 Å². The summed E-state index contributed by atoms with van der Waals surface area (Å²) in [5, 5.41) is 21.1. The molecule has 20 heavy (non-hydrogen) atoms. The summed E-state index contributed by atoms with van der Waals surface area (Å²) in [6, 6.07) is 5.07. The molecule has 3 N–H and O–H groups in total. The number of hydrogen-bond acceptors (Lipinski definition) is 4. The highest BCUT2D eigenvalue weighted by Crippen LogP contribution is 2.25. The maximum Gasteiger partial charge on any atom is 0.335 e. The number of rotatable bonds is 3. The number of benzene rings is 1. The largest absolute Gasteiger partial charge is 0.506 e. The fourth-order valence-electron chi connectivity index (χ4n) is 1.50. The molecule has 6 nitrogen and oxygen atoms in total. The van der Waals surface area contributed by atoms with Gasteiger partial charge in [-0.3, -0.25) is 9.78 Å². The van der Waals surface area contributed by atoms with Gasteiger partial charge < -0.3 is 15.5 Å². The third-order valence-corrected chi connectivity index (χ3v) is 2.83. The number of halogens is 1. The maximum atomic E-state index is 11.9. The minimum Gasteiger partial charge on any atom is -0.506 e. The van der Waals surface area contributed by atoms with E-state index in [2.05, 4.69) is 10.3 Å². The first-order valence-corrected chi connectivity index (χ1v) is 5.84. The summed E-state index contributed by atoms with van der Waals surface area (Å²) in [7, 11) is 0. The van der Waals surface area contributed by atoms with Gasteiger partial charge >= 0.3 is 5.97 Å². The van der Waals surface area contributed by atoms with Crippen molar-refractivity contribution >= 4 is 29.2 Å². The number of aromatic nitrogens is 1. The Labute approximate surface area is 118 Å². The lowest BCUT2D eigenvalue weighted by molar-refractivity contribution is 0.0696. The highest BCUT2D eigenvalue weighted by Gasteiger charge is 2.13. The maximum absolute atomic E-state index is 11.9. The molecule has 0 aliphatic heterocycles.